The maximum Gasteiger partial charge on any atom is 0.303 e. The molecule has 0 aromatic rings. The van der Waals surface area contributed by atoms with Gasteiger partial charge in [-0.3, -0.25) is 4.79 Å². The molecule has 0 aliphatic rings. The minimum atomic E-state index is -0.668. The molecule has 0 unspecified atom stereocenters. The highest BCUT2D eigenvalue weighted by Gasteiger charge is 1.96. The Kier molecular flexibility index (Phi) is 16.7. The van der Waals surface area contributed by atoms with Gasteiger partial charge < -0.3 is 5.11 Å². The van der Waals surface area contributed by atoms with Crippen LogP contribution in [0, 0.1) is 0 Å². The molecule has 126 valence electrons. The number of unbranched alkanes of at least 4 members (excludes halogenated alkanes) is 7. The first-order valence-electron chi connectivity index (χ1n) is 8.94. The number of rotatable bonds is 15. The van der Waals surface area contributed by atoms with E-state index in [1.54, 1.807) is 0 Å². The number of aliphatic carboxylic acids is 1. The Morgan fingerprint density at radius 1 is 0.727 bits per heavy atom. The van der Waals surface area contributed by atoms with Gasteiger partial charge in [0.1, 0.15) is 0 Å². The van der Waals surface area contributed by atoms with E-state index < -0.39 is 5.97 Å². The third kappa shape index (κ3) is 18.7. The van der Waals surface area contributed by atoms with Crippen LogP contribution in [0.25, 0.3) is 0 Å². The highest BCUT2D eigenvalue weighted by molar-refractivity contribution is 5.66. The van der Waals surface area contributed by atoms with E-state index in [0.29, 0.717) is 6.42 Å². The monoisotopic (exact) mass is 306 g/mol. The van der Waals surface area contributed by atoms with E-state index in [1.807, 2.05) is 0 Å². The first-order valence-corrected chi connectivity index (χ1v) is 8.94. The van der Waals surface area contributed by atoms with Crippen molar-refractivity contribution >= 4 is 5.97 Å². The zero-order valence-electron chi connectivity index (χ0n) is 14.3. The number of carboxylic acids is 1. The number of carboxylic acid groups (broad SMARTS) is 1. The van der Waals surface area contributed by atoms with Crippen LogP contribution in [-0.2, 0) is 4.79 Å². The van der Waals surface area contributed by atoms with Crippen LogP contribution in [0.3, 0.4) is 0 Å². The molecule has 0 bridgehead atoms. The molecule has 0 saturated heterocycles. The molecule has 1 N–H and O–H groups in total. The molecule has 0 aliphatic carbocycles. The minimum absolute atomic E-state index is 0.328. The summed E-state index contributed by atoms with van der Waals surface area (Å²) in [5.41, 5.74) is 0. The summed E-state index contributed by atoms with van der Waals surface area (Å²) >= 11 is 0. The molecule has 0 atom stereocenters. The van der Waals surface area contributed by atoms with Gasteiger partial charge in [0.15, 0.2) is 0 Å². The van der Waals surface area contributed by atoms with Gasteiger partial charge in [0.05, 0.1) is 0 Å². The number of carbonyl (C=O) groups is 1. The Balaban J connectivity index is 3.20. The molecule has 0 aromatic heterocycles. The first kappa shape index (κ1) is 20.7. The quantitative estimate of drug-likeness (QED) is 0.279. The van der Waals surface area contributed by atoms with Gasteiger partial charge in [-0.2, -0.15) is 0 Å². The third-order valence-electron chi connectivity index (χ3n) is 3.54. The molecular weight excluding hydrogens is 272 g/mol. The standard InChI is InChI=1S/C20H34O2/c1-2-3-4-5-6-7-8-9-10-11-12-13-14-15-16-17-18-19-20(21)22/h3-4,6-7,9-10H,2,5,8,11-19H2,1H3,(H,21,22)/b4-3-,7-6?,10-9?. The van der Waals surface area contributed by atoms with Crippen LogP contribution in [-0.4, -0.2) is 11.1 Å². The van der Waals surface area contributed by atoms with E-state index in [1.165, 1.54) is 38.5 Å². The molecule has 0 aliphatic heterocycles. The Morgan fingerprint density at radius 3 is 1.82 bits per heavy atom. The van der Waals surface area contributed by atoms with Crippen molar-refractivity contribution in [2.75, 3.05) is 0 Å². The maximum atomic E-state index is 10.3. The SMILES string of the molecule is CC/C=C\CC=CCC=CCCCCCCCCCC(=O)O. The largest absolute Gasteiger partial charge is 0.481 e. The van der Waals surface area contributed by atoms with Crippen molar-refractivity contribution in [3.8, 4) is 0 Å². The van der Waals surface area contributed by atoms with Gasteiger partial charge in [-0.1, -0.05) is 75.5 Å². The van der Waals surface area contributed by atoms with Crippen LogP contribution in [0.5, 0.6) is 0 Å². The van der Waals surface area contributed by atoms with Crippen LogP contribution in [0.1, 0.15) is 84.0 Å². The Bertz CT molecular complexity index is 327. The van der Waals surface area contributed by atoms with Crippen molar-refractivity contribution in [3.05, 3.63) is 36.5 Å². The molecule has 0 rings (SSSR count). The molecule has 0 fully saturated rings. The summed E-state index contributed by atoms with van der Waals surface area (Å²) in [6.07, 6.45) is 26.3. The molecule has 0 saturated carbocycles. The summed E-state index contributed by atoms with van der Waals surface area (Å²) in [4.78, 5) is 10.3. The zero-order valence-corrected chi connectivity index (χ0v) is 14.3. The van der Waals surface area contributed by atoms with Gasteiger partial charge in [0.2, 0.25) is 0 Å². The predicted octanol–water partition coefficient (Wildman–Crippen LogP) is 6.44. The van der Waals surface area contributed by atoms with Gasteiger partial charge in [0, 0.05) is 6.42 Å². The van der Waals surface area contributed by atoms with Crippen LogP contribution in [0.15, 0.2) is 36.5 Å². The van der Waals surface area contributed by atoms with E-state index in [4.69, 9.17) is 5.11 Å². The summed E-state index contributed by atoms with van der Waals surface area (Å²) < 4.78 is 0. The summed E-state index contributed by atoms with van der Waals surface area (Å²) in [7, 11) is 0. The van der Waals surface area contributed by atoms with E-state index in [9.17, 15) is 4.79 Å². The van der Waals surface area contributed by atoms with E-state index in [-0.39, 0.29) is 0 Å². The van der Waals surface area contributed by atoms with E-state index in [2.05, 4.69) is 43.4 Å². The van der Waals surface area contributed by atoms with Gasteiger partial charge in [-0.25, -0.2) is 0 Å². The van der Waals surface area contributed by atoms with Crippen LogP contribution in [0.2, 0.25) is 0 Å². The lowest BCUT2D eigenvalue weighted by atomic mass is 10.1. The topological polar surface area (TPSA) is 37.3 Å². The second-order valence-electron chi connectivity index (χ2n) is 5.70. The molecule has 2 nitrogen and oxygen atoms in total. The fourth-order valence-corrected chi connectivity index (χ4v) is 2.25. The van der Waals surface area contributed by atoms with Crippen LogP contribution >= 0.6 is 0 Å². The van der Waals surface area contributed by atoms with Crippen molar-refractivity contribution < 1.29 is 9.90 Å². The number of hydrogen-bond acceptors (Lipinski definition) is 1. The maximum absolute atomic E-state index is 10.3. The Morgan fingerprint density at radius 2 is 1.23 bits per heavy atom. The van der Waals surface area contributed by atoms with Gasteiger partial charge in [0.25, 0.3) is 0 Å². The van der Waals surface area contributed by atoms with Crippen molar-refractivity contribution in [1.82, 2.24) is 0 Å². The molecule has 0 aromatic carbocycles. The second-order valence-corrected chi connectivity index (χ2v) is 5.70. The van der Waals surface area contributed by atoms with Gasteiger partial charge >= 0.3 is 5.97 Å². The molecule has 0 radical (unpaired) electrons. The fourth-order valence-electron chi connectivity index (χ4n) is 2.25. The molecule has 0 amide bonds. The van der Waals surface area contributed by atoms with Crippen molar-refractivity contribution in [2.45, 2.75) is 84.0 Å². The zero-order chi connectivity index (χ0) is 16.3. The highest BCUT2D eigenvalue weighted by Crippen LogP contribution is 2.10. The molecule has 0 heterocycles. The first-order chi connectivity index (χ1) is 10.8. The van der Waals surface area contributed by atoms with Crippen molar-refractivity contribution in [1.29, 1.82) is 0 Å². The lowest BCUT2D eigenvalue weighted by Crippen LogP contribution is -1.93. The molecule has 22 heavy (non-hydrogen) atoms. The van der Waals surface area contributed by atoms with Crippen molar-refractivity contribution in [3.63, 3.8) is 0 Å². The lowest BCUT2D eigenvalue weighted by molar-refractivity contribution is -0.137. The van der Waals surface area contributed by atoms with Crippen LogP contribution in [0.4, 0.5) is 0 Å². The highest BCUT2D eigenvalue weighted by atomic mass is 16.4. The van der Waals surface area contributed by atoms with E-state index >= 15 is 0 Å². The number of hydrogen-bond donors (Lipinski definition) is 1. The molecular formula is C20H34O2. The van der Waals surface area contributed by atoms with Gasteiger partial charge in [-0.05, 0) is 38.5 Å². The lowest BCUT2D eigenvalue weighted by Gasteiger charge is -2.00. The van der Waals surface area contributed by atoms with E-state index in [0.717, 1.165) is 32.1 Å². The fraction of sp³-hybridized carbons (Fsp3) is 0.650. The Labute approximate surface area is 137 Å². The summed E-state index contributed by atoms with van der Waals surface area (Å²) in [6.45, 7) is 2.16. The normalized spacial score (nSPS) is 12.0. The van der Waals surface area contributed by atoms with Gasteiger partial charge in [-0.15, -0.1) is 0 Å². The average molecular weight is 306 g/mol. The third-order valence-corrected chi connectivity index (χ3v) is 3.54. The second kappa shape index (κ2) is 17.7. The van der Waals surface area contributed by atoms with Crippen LogP contribution < -0.4 is 0 Å². The summed E-state index contributed by atoms with van der Waals surface area (Å²) in [5, 5.41) is 8.53. The average Bonchev–Trinajstić information content (AvgIpc) is 2.50. The smallest absolute Gasteiger partial charge is 0.303 e. The summed E-state index contributed by atoms with van der Waals surface area (Å²) in [6, 6.07) is 0. The number of allylic oxidation sites excluding steroid dienone is 6. The molecule has 0 spiro atoms. The van der Waals surface area contributed by atoms with Crippen molar-refractivity contribution in [2.24, 2.45) is 0 Å². The molecule has 2 heteroatoms. The predicted molar refractivity (Wildman–Crippen MR) is 96.1 cm³/mol. The minimum Gasteiger partial charge on any atom is -0.481 e. The Hall–Kier alpha value is -1.31. The summed E-state index contributed by atoms with van der Waals surface area (Å²) in [5.74, 6) is -0.668.